The van der Waals surface area contributed by atoms with E-state index in [0.29, 0.717) is 11.2 Å². The van der Waals surface area contributed by atoms with Gasteiger partial charge in [-0.15, -0.1) is 11.8 Å². The van der Waals surface area contributed by atoms with E-state index in [-0.39, 0.29) is 23.2 Å². The van der Waals surface area contributed by atoms with Gasteiger partial charge in [-0.1, -0.05) is 57.6 Å². The highest BCUT2D eigenvalue weighted by Gasteiger charge is 2.55. The van der Waals surface area contributed by atoms with Crippen LogP contribution >= 0.6 is 39.0 Å². The van der Waals surface area contributed by atoms with Crippen LogP contribution in [0.15, 0.2) is 68.9 Å². The second kappa shape index (κ2) is 8.19. The minimum Gasteiger partial charge on any atom is -0.325 e. The van der Waals surface area contributed by atoms with E-state index in [4.69, 9.17) is 0 Å². The number of anilines is 1. The van der Waals surface area contributed by atoms with Crippen LogP contribution in [0, 0.1) is 17.8 Å². The van der Waals surface area contributed by atoms with E-state index in [0.717, 1.165) is 31.9 Å². The Morgan fingerprint density at radius 3 is 2.72 bits per heavy atom. The number of para-hydroxylation sites is 1. The number of aromatic nitrogens is 1. The molecule has 2 fully saturated rings. The number of halogens is 1. The van der Waals surface area contributed by atoms with Crippen molar-refractivity contribution < 1.29 is 4.79 Å². The number of amides is 1. The lowest BCUT2D eigenvalue weighted by molar-refractivity contribution is -0.116. The highest BCUT2D eigenvalue weighted by atomic mass is 79.9. The van der Waals surface area contributed by atoms with Crippen molar-refractivity contribution in [2.75, 3.05) is 5.32 Å². The van der Waals surface area contributed by atoms with Crippen LogP contribution in [0.1, 0.15) is 35.6 Å². The van der Waals surface area contributed by atoms with Gasteiger partial charge in [0.05, 0.1) is 5.03 Å². The molecule has 7 heteroatoms. The second-order valence-corrected chi connectivity index (χ2v) is 12.1. The quantitative estimate of drug-likeness (QED) is 0.456. The summed E-state index contributed by atoms with van der Waals surface area (Å²) >= 11 is 6.86. The van der Waals surface area contributed by atoms with Gasteiger partial charge < -0.3 is 5.32 Å². The van der Waals surface area contributed by atoms with Crippen LogP contribution in [-0.2, 0) is 11.3 Å². The number of benzene rings is 2. The van der Waals surface area contributed by atoms with Gasteiger partial charge in [0.25, 0.3) is 0 Å². The number of carbonyl (C=O) groups is 1. The third kappa shape index (κ3) is 3.49. The van der Waals surface area contributed by atoms with Crippen molar-refractivity contribution >= 4 is 50.6 Å². The van der Waals surface area contributed by atoms with Crippen LogP contribution in [0.5, 0.6) is 0 Å². The first-order valence-corrected chi connectivity index (χ1v) is 13.6. The molecule has 3 aromatic rings. The molecule has 0 saturated heterocycles. The minimum atomic E-state index is -0.159. The molecule has 2 bridgehead atoms. The highest BCUT2D eigenvalue weighted by molar-refractivity contribution is 9.10. The molecule has 1 N–H and O–H groups in total. The fourth-order valence-electron chi connectivity index (χ4n) is 6.03. The van der Waals surface area contributed by atoms with Gasteiger partial charge in [0.1, 0.15) is 6.54 Å². The number of fused-ring (bicyclic) bond motifs is 6. The molecule has 3 aliphatic rings. The Hall–Kier alpha value is -1.83. The Balaban J connectivity index is 1.39. The standard InChI is InChI=1S/C25H23BrN2O2S2/c26-17-6-4-5-14(12-17)21-20-15-9-10-16(11-15)22(20)31-24-23(21)32-25(30)28(24)13-19(29)27-18-7-2-1-3-8-18/h1-8,12,15-16,20-22H,9-11,13H2,(H,27,29)/t15?,16?,20?,21-,22?/m0/s1. The zero-order valence-electron chi connectivity index (χ0n) is 17.4. The number of hydrogen-bond acceptors (Lipinski definition) is 4. The molecule has 1 amide bonds. The molecule has 32 heavy (non-hydrogen) atoms. The number of nitrogens with one attached hydrogen (secondary N) is 1. The fraction of sp³-hybridized carbons (Fsp3) is 0.360. The van der Waals surface area contributed by atoms with E-state index < -0.39 is 0 Å². The maximum Gasteiger partial charge on any atom is 0.308 e. The first kappa shape index (κ1) is 20.8. The zero-order chi connectivity index (χ0) is 21.8. The topological polar surface area (TPSA) is 51.1 Å². The van der Waals surface area contributed by atoms with E-state index >= 15 is 0 Å². The van der Waals surface area contributed by atoms with Gasteiger partial charge in [-0.2, -0.15) is 0 Å². The number of nitrogens with zero attached hydrogens (tertiary/aromatic N) is 1. The second-order valence-electron chi connectivity index (χ2n) is 9.06. The fourth-order valence-corrected chi connectivity index (χ4v) is 9.59. The van der Waals surface area contributed by atoms with Crippen LogP contribution in [-0.4, -0.2) is 15.7 Å². The maximum absolute atomic E-state index is 13.1. The number of hydrogen-bond donors (Lipinski definition) is 1. The Morgan fingerprint density at radius 1 is 1.09 bits per heavy atom. The van der Waals surface area contributed by atoms with Crippen LogP contribution in [0.25, 0.3) is 0 Å². The summed E-state index contributed by atoms with van der Waals surface area (Å²) in [7, 11) is 0. The molecule has 164 valence electrons. The van der Waals surface area contributed by atoms with Gasteiger partial charge in [0.2, 0.25) is 5.91 Å². The van der Waals surface area contributed by atoms with Crippen molar-refractivity contribution in [1.29, 1.82) is 0 Å². The SMILES string of the molecule is O=C(Cn1c2c(sc1=O)[C@@H](c1cccc(Br)c1)C1C3CCC(C3)C1S2)Nc1ccccc1. The molecule has 1 aromatic heterocycles. The average Bonchev–Trinajstić information content (AvgIpc) is 3.47. The van der Waals surface area contributed by atoms with Crippen LogP contribution in [0.2, 0.25) is 0 Å². The van der Waals surface area contributed by atoms with E-state index in [2.05, 4.69) is 45.5 Å². The Morgan fingerprint density at radius 2 is 1.91 bits per heavy atom. The summed E-state index contributed by atoms with van der Waals surface area (Å²) in [6, 6.07) is 18.0. The van der Waals surface area contributed by atoms with Crippen molar-refractivity contribution in [3.8, 4) is 0 Å². The minimum absolute atomic E-state index is 0.0296. The monoisotopic (exact) mass is 526 g/mol. The molecule has 2 aromatic carbocycles. The lowest BCUT2D eigenvalue weighted by Crippen LogP contribution is -2.34. The Kier molecular flexibility index (Phi) is 5.31. The third-order valence-electron chi connectivity index (χ3n) is 7.26. The Bertz CT molecular complexity index is 1240. The van der Waals surface area contributed by atoms with Crippen molar-refractivity contribution in [2.24, 2.45) is 17.8 Å². The normalized spacial score (nSPS) is 27.7. The predicted octanol–water partition coefficient (Wildman–Crippen LogP) is 5.96. The first-order valence-electron chi connectivity index (χ1n) is 11.1. The van der Waals surface area contributed by atoms with Crippen molar-refractivity contribution in [3.63, 3.8) is 0 Å². The third-order valence-corrected chi connectivity index (χ3v) is 10.6. The molecule has 5 atom stereocenters. The number of thioether (sulfide) groups is 1. The Labute approximate surface area is 203 Å². The summed E-state index contributed by atoms with van der Waals surface area (Å²) in [6.07, 6.45) is 3.91. The van der Waals surface area contributed by atoms with Crippen LogP contribution in [0.3, 0.4) is 0 Å². The van der Waals surface area contributed by atoms with E-state index in [9.17, 15) is 9.59 Å². The largest absolute Gasteiger partial charge is 0.325 e. The smallest absolute Gasteiger partial charge is 0.308 e. The molecular weight excluding hydrogens is 504 g/mol. The molecule has 2 saturated carbocycles. The lowest BCUT2D eigenvalue weighted by Gasteiger charge is -2.40. The summed E-state index contributed by atoms with van der Waals surface area (Å²) in [4.78, 5) is 27.0. The van der Waals surface area contributed by atoms with Gasteiger partial charge in [-0.3, -0.25) is 14.2 Å². The molecule has 4 unspecified atom stereocenters. The van der Waals surface area contributed by atoms with E-state index in [1.54, 1.807) is 4.57 Å². The van der Waals surface area contributed by atoms with Gasteiger partial charge in [0, 0.05) is 26.2 Å². The van der Waals surface area contributed by atoms with Gasteiger partial charge >= 0.3 is 4.87 Å². The summed E-state index contributed by atoms with van der Waals surface area (Å²) in [5.74, 6) is 2.11. The number of thiazole rings is 1. The first-order chi connectivity index (χ1) is 15.6. The summed E-state index contributed by atoms with van der Waals surface area (Å²) in [6.45, 7) is 0.0588. The zero-order valence-corrected chi connectivity index (χ0v) is 20.6. The molecule has 4 nitrogen and oxygen atoms in total. The van der Waals surface area contributed by atoms with Crippen molar-refractivity contribution in [2.45, 2.75) is 42.0 Å². The molecular formula is C25H23BrN2O2S2. The molecule has 0 radical (unpaired) electrons. The predicted molar refractivity (Wildman–Crippen MR) is 134 cm³/mol. The molecule has 2 heterocycles. The van der Waals surface area contributed by atoms with E-state index in [1.807, 2.05) is 42.1 Å². The number of carbonyl (C=O) groups excluding carboxylic acids is 1. The summed E-state index contributed by atoms with van der Waals surface area (Å²) in [5.41, 5.74) is 2.04. The summed E-state index contributed by atoms with van der Waals surface area (Å²) < 4.78 is 2.79. The average molecular weight is 528 g/mol. The van der Waals surface area contributed by atoms with Crippen LogP contribution in [0.4, 0.5) is 5.69 Å². The van der Waals surface area contributed by atoms with Crippen LogP contribution < -0.4 is 10.2 Å². The van der Waals surface area contributed by atoms with E-state index in [1.165, 1.54) is 36.2 Å². The highest BCUT2D eigenvalue weighted by Crippen LogP contribution is 2.64. The summed E-state index contributed by atoms with van der Waals surface area (Å²) in [5, 5.41) is 4.47. The van der Waals surface area contributed by atoms with Gasteiger partial charge in [-0.05, 0) is 66.8 Å². The molecule has 2 aliphatic carbocycles. The molecule has 6 rings (SSSR count). The van der Waals surface area contributed by atoms with Gasteiger partial charge in [0.15, 0.2) is 0 Å². The number of rotatable bonds is 4. The van der Waals surface area contributed by atoms with Crippen molar-refractivity contribution in [3.05, 3.63) is 79.2 Å². The lowest BCUT2D eigenvalue weighted by atomic mass is 9.75. The maximum atomic E-state index is 13.1. The van der Waals surface area contributed by atoms with Gasteiger partial charge in [-0.25, -0.2) is 0 Å². The molecule has 0 spiro atoms. The van der Waals surface area contributed by atoms with Crippen molar-refractivity contribution in [1.82, 2.24) is 4.57 Å². The molecule has 1 aliphatic heterocycles.